The van der Waals surface area contributed by atoms with Crippen molar-refractivity contribution in [3.05, 3.63) is 103 Å². The standard InChI is InChI=1S/C21H14OS4/c22-17(11-20-23-13-18(25-20)15-7-3-1-4-8-15)12-21-24-14-19(26-21)16-9-5-2-6-10-16/h1-14H/b20-11-,21-12-. The van der Waals surface area contributed by atoms with Crippen molar-refractivity contribution in [3.63, 3.8) is 0 Å². The molecule has 0 saturated heterocycles. The summed E-state index contributed by atoms with van der Waals surface area (Å²) in [6.45, 7) is 0. The van der Waals surface area contributed by atoms with Gasteiger partial charge in [-0.25, -0.2) is 0 Å². The maximum atomic E-state index is 12.4. The molecule has 0 radical (unpaired) electrons. The molecule has 2 aromatic rings. The lowest BCUT2D eigenvalue weighted by molar-refractivity contribution is -0.110. The third-order valence-electron chi connectivity index (χ3n) is 3.62. The van der Waals surface area contributed by atoms with Crippen LogP contribution >= 0.6 is 47.0 Å². The van der Waals surface area contributed by atoms with Crippen molar-refractivity contribution in [1.82, 2.24) is 0 Å². The van der Waals surface area contributed by atoms with Gasteiger partial charge in [0, 0.05) is 22.0 Å². The molecule has 0 saturated carbocycles. The maximum absolute atomic E-state index is 12.4. The topological polar surface area (TPSA) is 17.1 Å². The number of thioether (sulfide) groups is 4. The van der Waals surface area contributed by atoms with E-state index in [0.717, 1.165) is 8.47 Å². The van der Waals surface area contributed by atoms with Crippen molar-refractivity contribution in [1.29, 1.82) is 0 Å². The Morgan fingerprint density at radius 1 is 0.654 bits per heavy atom. The molecule has 0 bridgehead atoms. The van der Waals surface area contributed by atoms with E-state index in [1.165, 1.54) is 20.9 Å². The highest BCUT2D eigenvalue weighted by Crippen LogP contribution is 2.49. The van der Waals surface area contributed by atoms with Crippen molar-refractivity contribution in [2.24, 2.45) is 0 Å². The molecule has 2 heterocycles. The Bertz CT molecular complexity index is 863. The second-order valence-corrected chi connectivity index (χ2v) is 9.97. The largest absolute Gasteiger partial charge is 0.290 e. The van der Waals surface area contributed by atoms with Gasteiger partial charge in [-0.3, -0.25) is 4.79 Å². The molecule has 0 amide bonds. The molecule has 1 nitrogen and oxygen atoms in total. The first-order chi connectivity index (χ1) is 12.8. The number of hydrogen-bond donors (Lipinski definition) is 0. The van der Waals surface area contributed by atoms with E-state index in [2.05, 4.69) is 35.1 Å². The van der Waals surface area contributed by atoms with Gasteiger partial charge in [0.25, 0.3) is 0 Å². The highest BCUT2D eigenvalue weighted by molar-refractivity contribution is 8.31. The lowest BCUT2D eigenvalue weighted by Gasteiger charge is -2.01. The number of ketones is 1. The van der Waals surface area contributed by atoms with Crippen LogP contribution in [0.3, 0.4) is 0 Å². The second-order valence-electron chi connectivity index (χ2n) is 5.47. The summed E-state index contributed by atoms with van der Waals surface area (Å²) in [7, 11) is 0. The van der Waals surface area contributed by atoms with Gasteiger partial charge in [-0.2, -0.15) is 0 Å². The number of allylic oxidation sites excluding steroid dienone is 2. The first kappa shape index (κ1) is 17.9. The van der Waals surface area contributed by atoms with Crippen LogP contribution in [0.2, 0.25) is 0 Å². The molecule has 4 rings (SSSR count). The predicted octanol–water partition coefficient (Wildman–Crippen LogP) is 7.20. The fourth-order valence-corrected chi connectivity index (χ4v) is 6.66. The Hall–Kier alpha value is -1.53. The molecule has 26 heavy (non-hydrogen) atoms. The fraction of sp³-hybridized carbons (Fsp3) is 0. The number of hydrogen-bond acceptors (Lipinski definition) is 5. The molecule has 0 spiro atoms. The molecule has 0 fully saturated rings. The van der Waals surface area contributed by atoms with E-state index >= 15 is 0 Å². The Morgan fingerprint density at radius 3 is 1.50 bits per heavy atom. The Morgan fingerprint density at radius 2 is 1.08 bits per heavy atom. The zero-order valence-electron chi connectivity index (χ0n) is 13.6. The minimum atomic E-state index is 0.0421. The van der Waals surface area contributed by atoms with Crippen molar-refractivity contribution in [2.45, 2.75) is 0 Å². The summed E-state index contributed by atoms with van der Waals surface area (Å²) in [5, 5.41) is 4.22. The lowest BCUT2D eigenvalue weighted by atomic mass is 10.2. The van der Waals surface area contributed by atoms with E-state index in [0.29, 0.717) is 0 Å². The summed E-state index contributed by atoms with van der Waals surface area (Å²) < 4.78 is 2.05. The molecule has 0 N–H and O–H groups in total. The predicted molar refractivity (Wildman–Crippen MR) is 120 cm³/mol. The van der Waals surface area contributed by atoms with E-state index in [1.54, 1.807) is 59.2 Å². The van der Waals surface area contributed by atoms with E-state index in [4.69, 9.17) is 0 Å². The molecular weight excluding hydrogens is 396 g/mol. The van der Waals surface area contributed by atoms with Crippen LogP contribution in [0.25, 0.3) is 9.81 Å². The first-order valence-electron chi connectivity index (χ1n) is 7.95. The van der Waals surface area contributed by atoms with Crippen LogP contribution in [0.4, 0.5) is 0 Å². The molecule has 2 aliphatic rings. The van der Waals surface area contributed by atoms with Gasteiger partial charge in [-0.1, -0.05) is 108 Å². The molecule has 0 atom stereocenters. The quantitative estimate of drug-likeness (QED) is 0.494. The molecule has 0 aliphatic carbocycles. The smallest absolute Gasteiger partial charge is 0.181 e. The maximum Gasteiger partial charge on any atom is 0.181 e. The summed E-state index contributed by atoms with van der Waals surface area (Å²) in [5.41, 5.74) is 2.38. The number of carbonyl (C=O) groups excluding carboxylic acids is 1. The summed E-state index contributed by atoms with van der Waals surface area (Å²) in [6.07, 6.45) is 3.47. The number of carbonyl (C=O) groups is 1. The SMILES string of the molecule is O=C(/C=C1/SC=C(c2ccccc2)S1)/C=C1/SC=C(c2ccccc2)S1. The highest BCUT2D eigenvalue weighted by Gasteiger charge is 2.17. The number of benzene rings is 2. The van der Waals surface area contributed by atoms with Gasteiger partial charge in [0.1, 0.15) is 0 Å². The van der Waals surface area contributed by atoms with E-state index in [-0.39, 0.29) is 5.78 Å². The van der Waals surface area contributed by atoms with E-state index in [9.17, 15) is 4.79 Å². The van der Waals surface area contributed by atoms with Crippen LogP contribution in [0, 0.1) is 0 Å². The average Bonchev–Trinajstić information content (AvgIpc) is 3.33. The van der Waals surface area contributed by atoms with Gasteiger partial charge in [0.05, 0.1) is 8.47 Å². The van der Waals surface area contributed by atoms with Gasteiger partial charge in [0.15, 0.2) is 5.78 Å². The van der Waals surface area contributed by atoms with Crippen molar-refractivity contribution in [3.8, 4) is 0 Å². The first-order valence-corrected chi connectivity index (χ1v) is 11.3. The van der Waals surface area contributed by atoms with E-state index in [1.807, 2.05) is 36.4 Å². The van der Waals surface area contributed by atoms with Crippen LogP contribution in [0.5, 0.6) is 0 Å². The molecule has 2 aliphatic heterocycles. The third kappa shape index (κ3) is 4.41. The lowest BCUT2D eigenvalue weighted by Crippen LogP contribution is -1.87. The van der Waals surface area contributed by atoms with Gasteiger partial charge in [-0.05, 0) is 21.9 Å². The van der Waals surface area contributed by atoms with Crippen LogP contribution in [0.1, 0.15) is 11.1 Å². The van der Waals surface area contributed by atoms with Crippen LogP contribution in [0.15, 0.2) is 92.1 Å². The Labute approximate surface area is 170 Å². The minimum absolute atomic E-state index is 0.0421. The average molecular weight is 411 g/mol. The Balaban J connectivity index is 1.38. The fourth-order valence-electron chi connectivity index (χ4n) is 2.40. The summed E-state index contributed by atoms with van der Waals surface area (Å²) >= 11 is 6.54. The second kappa shape index (κ2) is 8.44. The van der Waals surface area contributed by atoms with Crippen molar-refractivity contribution < 1.29 is 4.79 Å². The minimum Gasteiger partial charge on any atom is -0.290 e. The highest BCUT2D eigenvalue weighted by atomic mass is 32.2. The molecule has 128 valence electrons. The summed E-state index contributed by atoms with van der Waals surface area (Å²) in [5.74, 6) is 0.0421. The van der Waals surface area contributed by atoms with Crippen LogP contribution < -0.4 is 0 Å². The van der Waals surface area contributed by atoms with E-state index < -0.39 is 0 Å². The Kier molecular flexibility index (Phi) is 5.80. The molecule has 2 aromatic carbocycles. The molecular formula is C21H14OS4. The third-order valence-corrected chi connectivity index (χ3v) is 8.19. The zero-order valence-corrected chi connectivity index (χ0v) is 16.9. The van der Waals surface area contributed by atoms with Crippen LogP contribution in [-0.2, 0) is 4.79 Å². The molecule has 0 unspecified atom stereocenters. The summed E-state index contributed by atoms with van der Waals surface area (Å²) in [4.78, 5) is 14.8. The monoisotopic (exact) mass is 410 g/mol. The zero-order chi connectivity index (χ0) is 17.8. The molecule has 0 aromatic heterocycles. The number of rotatable bonds is 4. The summed E-state index contributed by atoms with van der Waals surface area (Å²) in [6, 6.07) is 20.5. The van der Waals surface area contributed by atoms with Gasteiger partial charge in [-0.15, -0.1) is 0 Å². The van der Waals surface area contributed by atoms with Crippen molar-refractivity contribution in [2.75, 3.05) is 0 Å². The van der Waals surface area contributed by atoms with Crippen molar-refractivity contribution >= 4 is 62.6 Å². The van der Waals surface area contributed by atoms with Crippen LogP contribution in [-0.4, -0.2) is 5.78 Å². The normalized spacial score (nSPS) is 19.7. The van der Waals surface area contributed by atoms with Gasteiger partial charge >= 0.3 is 0 Å². The van der Waals surface area contributed by atoms with Gasteiger partial charge < -0.3 is 0 Å². The molecule has 5 heteroatoms. The van der Waals surface area contributed by atoms with Gasteiger partial charge in [0.2, 0.25) is 0 Å².